The summed E-state index contributed by atoms with van der Waals surface area (Å²) < 4.78 is 0. The fraction of sp³-hybridized carbons (Fsp3) is 0.857. The van der Waals surface area contributed by atoms with Gasteiger partial charge < -0.3 is 20.2 Å². The molecule has 0 spiro atoms. The molecule has 0 atom stereocenters. The minimum Gasteiger partial charge on any atom is -0.480 e. The second kappa shape index (κ2) is 10.5. The van der Waals surface area contributed by atoms with Crippen LogP contribution in [0.2, 0.25) is 0 Å². The molecular weight excluding hydrogens is 258 g/mol. The summed E-state index contributed by atoms with van der Waals surface area (Å²) in [4.78, 5) is 26.1. The maximum absolute atomic E-state index is 11.8. The van der Waals surface area contributed by atoms with Gasteiger partial charge in [0.2, 0.25) is 0 Å². The minimum absolute atomic E-state index is 0.240. The highest BCUT2D eigenvalue weighted by Gasteiger charge is 2.14. The van der Waals surface area contributed by atoms with Gasteiger partial charge >= 0.3 is 12.0 Å². The predicted octanol–water partition coefficient (Wildman–Crippen LogP) is 1.61. The van der Waals surface area contributed by atoms with Crippen LogP contribution in [0.4, 0.5) is 4.79 Å². The summed E-state index contributed by atoms with van der Waals surface area (Å²) in [5.41, 5.74) is 0. The van der Waals surface area contributed by atoms with E-state index in [4.69, 9.17) is 5.11 Å². The molecule has 6 nitrogen and oxygen atoms in total. The third-order valence-corrected chi connectivity index (χ3v) is 3.20. The average Bonchev–Trinajstić information content (AvgIpc) is 2.36. The van der Waals surface area contributed by atoms with Crippen LogP contribution in [0, 0.1) is 0 Å². The van der Waals surface area contributed by atoms with Crippen molar-refractivity contribution in [1.82, 2.24) is 15.1 Å². The number of carbonyl (C=O) groups is 2. The van der Waals surface area contributed by atoms with Crippen LogP contribution in [0.3, 0.4) is 0 Å². The van der Waals surface area contributed by atoms with Crippen LogP contribution in [0.5, 0.6) is 0 Å². The number of carbonyl (C=O) groups excluding carboxylic acids is 1. The number of hydrogen-bond acceptors (Lipinski definition) is 3. The first-order chi connectivity index (χ1) is 9.38. The van der Waals surface area contributed by atoms with E-state index >= 15 is 0 Å². The molecule has 0 radical (unpaired) electrons. The molecule has 0 saturated heterocycles. The van der Waals surface area contributed by atoms with Crippen LogP contribution in [-0.2, 0) is 4.79 Å². The lowest BCUT2D eigenvalue weighted by molar-refractivity contribution is -0.137. The van der Waals surface area contributed by atoms with E-state index in [1.54, 1.807) is 0 Å². The van der Waals surface area contributed by atoms with Crippen LogP contribution in [0.15, 0.2) is 0 Å². The Balaban J connectivity index is 3.86. The lowest BCUT2D eigenvalue weighted by atomic mass is 10.2. The first kappa shape index (κ1) is 18.7. The van der Waals surface area contributed by atoms with Crippen LogP contribution >= 0.6 is 0 Å². The molecule has 0 fully saturated rings. The van der Waals surface area contributed by atoms with Crippen molar-refractivity contribution in [3.8, 4) is 0 Å². The highest BCUT2D eigenvalue weighted by molar-refractivity contribution is 5.80. The maximum Gasteiger partial charge on any atom is 0.323 e. The molecule has 0 aliphatic carbocycles. The lowest BCUT2D eigenvalue weighted by Gasteiger charge is -2.22. The highest BCUT2D eigenvalue weighted by Crippen LogP contribution is 1.98. The molecule has 2 amide bonds. The molecule has 118 valence electrons. The van der Waals surface area contributed by atoms with Crippen molar-refractivity contribution < 1.29 is 14.7 Å². The van der Waals surface area contributed by atoms with E-state index in [1.807, 2.05) is 6.92 Å². The van der Waals surface area contributed by atoms with Gasteiger partial charge in [-0.2, -0.15) is 0 Å². The molecule has 0 bridgehead atoms. The van der Waals surface area contributed by atoms with Crippen molar-refractivity contribution in [2.45, 2.75) is 46.1 Å². The Labute approximate surface area is 122 Å². The number of nitrogens with zero attached hydrogens (tertiary/aromatic N) is 2. The number of carboxylic acids is 1. The van der Waals surface area contributed by atoms with E-state index in [9.17, 15) is 9.59 Å². The normalized spacial score (nSPS) is 10.9. The zero-order chi connectivity index (χ0) is 15.5. The number of rotatable bonds is 10. The summed E-state index contributed by atoms with van der Waals surface area (Å²) in [7, 11) is 2.08. The number of carboxylic acid groups (broad SMARTS) is 1. The van der Waals surface area contributed by atoms with E-state index in [2.05, 4.69) is 31.1 Å². The van der Waals surface area contributed by atoms with Gasteiger partial charge in [0.15, 0.2) is 0 Å². The lowest BCUT2D eigenvalue weighted by Crippen LogP contribution is -2.43. The number of aliphatic carboxylic acids is 1. The van der Waals surface area contributed by atoms with Crippen molar-refractivity contribution in [2.75, 3.05) is 33.2 Å². The van der Waals surface area contributed by atoms with Gasteiger partial charge in [0.25, 0.3) is 0 Å². The molecule has 2 N–H and O–H groups in total. The van der Waals surface area contributed by atoms with Crippen LogP contribution < -0.4 is 5.32 Å². The second-order valence-corrected chi connectivity index (χ2v) is 5.33. The van der Waals surface area contributed by atoms with Gasteiger partial charge in [-0.3, -0.25) is 4.79 Å². The van der Waals surface area contributed by atoms with Gasteiger partial charge in [0, 0.05) is 19.1 Å². The molecule has 0 unspecified atom stereocenters. The SMILES string of the molecule is CCCN(CC(=O)O)C(=O)NCCCCN(C)C(C)C. The molecule has 0 rings (SSSR count). The molecule has 0 aromatic rings. The van der Waals surface area contributed by atoms with Gasteiger partial charge in [-0.05, 0) is 46.7 Å². The van der Waals surface area contributed by atoms with Crippen molar-refractivity contribution >= 4 is 12.0 Å². The van der Waals surface area contributed by atoms with Crippen molar-refractivity contribution in [1.29, 1.82) is 0 Å². The van der Waals surface area contributed by atoms with Gasteiger partial charge in [0.1, 0.15) is 6.54 Å². The second-order valence-electron chi connectivity index (χ2n) is 5.33. The molecule has 0 saturated carbocycles. The van der Waals surface area contributed by atoms with Gasteiger partial charge in [-0.15, -0.1) is 0 Å². The Morgan fingerprint density at radius 2 is 1.85 bits per heavy atom. The third-order valence-electron chi connectivity index (χ3n) is 3.20. The molecule has 0 aromatic heterocycles. The number of amides is 2. The molecule has 0 heterocycles. The molecular formula is C14H29N3O3. The first-order valence-corrected chi connectivity index (χ1v) is 7.33. The Morgan fingerprint density at radius 3 is 2.35 bits per heavy atom. The summed E-state index contributed by atoms with van der Waals surface area (Å²) in [6, 6.07) is 0.242. The summed E-state index contributed by atoms with van der Waals surface area (Å²) in [5, 5.41) is 11.5. The molecule has 0 aliphatic heterocycles. The van der Waals surface area contributed by atoms with Gasteiger partial charge in [-0.25, -0.2) is 4.79 Å². The number of urea groups is 1. The zero-order valence-corrected chi connectivity index (χ0v) is 13.2. The Bertz CT molecular complexity index is 295. The smallest absolute Gasteiger partial charge is 0.323 e. The van der Waals surface area contributed by atoms with Crippen molar-refractivity contribution in [3.05, 3.63) is 0 Å². The summed E-state index contributed by atoms with van der Waals surface area (Å²) in [5.74, 6) is -0.979. The van der Waals surface area contributed by atoms with E-state index in [1.165, 1.54) is 4.90 Å². The number of hydrogen-bond donors (Lipinski definition) is 2. The van der Waals surface area contributed by atoms with Gasteiger partial charge in [0.05, 0.1) is 0 Å². The van der Waals surface area contributed by atoms with Crippen LogP contribution in [0.25, 0.3) is 0 Å². The Hall–Kier alpha value is -1.30. The molecule has 0 aliphatic rings. The number of unbranched alkanes of at least 4 members (excludes halogenated alkanes) is 1. The fourth-order valence-corrected chi connectivity index (χ4v) is 1.74. The monoisotopic (exact) mass is 287 g/mol. The summed E-state index contributed by atoms with van der Waals surface area (Å²) in [6.45, 7) is 8.03. The molecule has 6 heteroatoms. The largest absolute Gasteiger partial charge is 0.480 e. The van der Waals surface area contributed by atoms with Gasteiger partial charge in [-0.1, -0.05) is 6.92 Å². The standard InChI is InChI=1S/C14H29N3O3/c1-5-9-17(11-13(18)19)14(20)15-8-6-7-10-16(4)12(2)3/h12H,5-11H2,1-4H3,(H,15,20)(H,18,19). The fourth-order valence-electron chi connectivity index (χ4n) is 1.74. The first-order valence-electron chi connectivity index (χ1n) is 7.33. The Morgan fingerprint density at radius 1 is 1.20 bits per heavy atom. The van der Waals surface area contributed by atoms with E-state index in [-0.39, 0.29) is 12.6 Å². The van der Waals surface area contributed by atoms with E-state index in [0.717, 1.165) is 25.8 Å². The average molecular weight is 287 g/mol. The zero-order valence-electron chi connectivity index (χ0n) is 13.2. The minimum atomic E-state index is -0.979. The third kappa shape index (κ3) is 8.74. The van der Waals surface area contributed by atoms with Crippen molar-refractivity contribution in [3.63, 3.8) is 0 Å². The van der Waals surface area contributed by atoms with Crippen molar-refractivity contribution in [2.24, 2.45) is 0 Å². The van der Waals surface area contributed by atoms with Crippen LogP contribution in [0.1, 0.15) is 40.0 Å². The quantitative estimate of drug-likeness (QED) is 0.599. The molecule has 0 aromatic carbocycles. The van der Waals surface area contributed by atoms with Crippen LogP contribution in [-0.4, -0.2) is 66.2 Å². The number of nitrogens with one attached hydrogen (secondary N) is 1. The highest BCUT2D eigenvalue weighted by atomic mass is 16.4. The summed E-state index contributed by atoms with van der Waals surface area (Å²) in [6.07, 6.45) is 2.66. The predicted molar refractivity (Wildman–Crippen MR) is 79.9 cm³/mol. The topological polar surface area (TPSA) is 72.9 Å². The summed E-state index contributed by atoms with van der Waals surface area (Å²) >= 11 is 0. The van der Waals surface area contributed by atoms with E-state index in [0.29, 0.717) is 19.1 Å². The van der Waals surface area contributed by atoms with E-state index < -0.39 is 5.97 Å². The maximum atomic E-state index is 11.8. The molecule has 20 heavy (non-hydrogen) atoms. The Kier molecular flexibility index (Phi) is 9.80.